The molecule has 0 aliphatic carbocycles. The van der Waals surface area contributed by atoms with E-state index in [4.69, 9.17) is 37.0 Å². The molecule has 0 aliphatic heterocycles. The Morgan fingerprint density at radius 3 is 0.752 bits per heavy atom. The lowest BCUT2D eigenvalue weighted by Crippen LogP contribution is -2.30. The van der Waals surface area contributed by atoms with Crippen molar-refractivity contribution in [2.75, 3.05) is 39.6 Å². The highest BCUT2D eigenvalue weighted by molar-refractivity contribution is 7.47. The predicted molar refractivity (Wildman–Crippen MR) is 414 cm³/mol. The quantitative estimate of drug-likeness (QED) is 0.0222. The number of rotatable bonds is 80. The molecule has 0 saturated heterocycles. The summed E-state index contributed by atoms with van der Waals surface area (Å²) in [6.45, 7) is 11.9. The SMILES string of the molecule is CCCCCCCCCCCCCCCCCCCCCCCC(=O)O[C@H](COC(=O)CCCCCCCCCCCCCCCC(C)C)COP(=O)(O)OC[C@@H](O)COP(=O)(O)OC[C@@H](COC(=O)CCCCCCCCCC(C)C)OC(=O)CCCCCCCCCCCCC(C)CC. The Kier molecular flexibility index (Phi) is 70.9. The molecule has 6 atom stereocenters. The second-order valence-corrected chi connectivity index (χ2v) is 33.6. The summed E-state index contributed by atoms with van der Waals surface area (Å²) in [7, 11) is -9.92. The van der Waals surface area contributed by atoms with Crippen molar-refractivity contribution < 1.29 is 80.2 Å². The molecule has 0 rings (SSSR count). The minimum Gasteiger partial charge on any atom is -0.462 e. The van der Waals surface area contributed by atoms with E-state index in [9.17, 15) is 43.2 Å². The summed E-state index contributed by atoms with van der Waals surface area (Å²) in [5.41, 5.74) is 0. The third-order valence-electron chi connectivity index (χ3n) is 19.5. The van der Waals surface area contributed by atoms with Crippen LogP contribution in [0.2, 0.25) is 0 Å². The van der Waals surface area contributed by atoms with Crippen LogP contribution < -0.4 is 0 Å². The number of ether oxygens (including phenoxy) is 4. The van der Waals surface area contributed by atoms with Crippen molar-refractivity contribution in [2.24, 2.45) is 17.8 Å². The molecule has 0 heterocycles. The second kappa shape index (κ2) is 72.3. The fourth-order valence-electron chi connectivity index (χ4n) is 12.6. The lowest BCUT2D eigenvalue weighted by Gasteiger charge is -2.21. The third kappa shape index (κ3) is 74.7. The van der Waals surface area contributed by atoms with Crippen molar-refractivity contribution in [3.63, 3.8) is 0 Å². The average molecular weight is 1480 g/mol. The lowest BCUT2D eigenvalue weighted by atomic mass is 9.99. The Balaban J connectivity index is 5.23. The maximum atomic E-state index is 13.1. The molecule has 0 fully saturated rings. The fraction of sp³-hybridized carbons (Fsp3) is 0.951. The highest BCUT2D eigenvalue weighted by Crippen LogP contribution is 2.45. The van der Waals surface area contributed by atoms with E-state index < -0.39 is 97.5 Å². The van der Waals surface area contributed by atoms with Gasteiger partial charge in [-0.15, -0.1) is 0 Å². The van der Waals surface area contributed by atoms with Gasteiger partial charge in [0.05, 0.1) is 26.4 Å². The van der Waals surface area contributed by atoms with Gasteiger partial charge in [0.25, 0.3) is 0 Å². The molecule has 0 aromatic heterocycles. The van der Waals surface area contributed by atoms with Crippen LogP contribution in [0.4, 0.5) is 0 Å². The molecule has 17 nitrogen and oxygen atoms in total. The Hall–Kier alpha value is -1.94. The van der Waals surface area contributed by atoms with Gasteiger partial charge in [-0.05, 0) is 43.4 Å². The molecule has 3 unspecified atom stereocenters. The van der Waals surface area contributed by atoms with Gasteiger partial charge in [0, 0.05) is 25.7 Å². The van der Waals surface area contributed by atoms with Gasteiger partial charge in [0.2, 0.25) is 0 Å². The van der Waals surface area contributed by atoms with Crippen molar-refractivity contribution in [1.82, 2.24) is 0 Å². The first-order valence-electron chi connectivity index (χ1n) is 42.4. The smallest absolute Gasteiger partial charge is 0.462 e. The average Bonchev–Trinajstić information content (AvgIpc) is 0.945. The molecule has 0 radical (unpaired) electrons. The first kappa shape index (κ1) is 99.1. The highest BCUT2D eigenvalue weighted by Gasteiger charge is 2.30. The molecule has 101 heavy (non-hydrogen) atoms. The Morgan fingerprint density at radius 2 is 0.505 bits per heavy atom. The third-order valence-corrected chi connectivity index (χ3v) is 21.4. The molecule has 19 heteroatoms. The summed E-state index contributed by atoms with van der Waals surface area (Å²) in [6, 6.07) is 0. The van der Waals surface area contributed by atoms with E-state index in [2.05, 4.69) is 48.5 Å². The number of hydrogen-bond acceptors (Lipinski definition) is 15. The van der Waals surface area contributed by atoms with E-state index in [0.717, 1.165) is 108 Å². The van der Waals surface area contributed by atoms with Gasteiger partial charge in [-0.25, -0.2) is 9.13 Å². The number of aliphatic hydroxyl groups excluding tert-OH is 1. The lowest BCUT2D eigenvalue weighted by molar-refractivity contribution is -0.161. The van der Waals surface area contributed by atoms with Crippen LogP contribution in [0.5, 0.6) is 0 Å². The summed E-state index contributed by atoms with van der Waals surface area (Å²) >= 11 is 0. The van der Waals surface area contributed by atoms with E-state index in [-0.39, 0.29) is 25.7 Å². The predicted octanol–water partition coefficient (Wildman–Crippen LogP) is 24.5. The van der Waals surface area contributed by atoms with Gasteiger partial charge in [-0.1, -0.05) is 376 Å². The Morgan fingerprint density at radius 1 is 0.287 bits per heavy atom. The van der Waals surface area contributed by atoms with E-state index in [1.807, 2.05) is 0 Å². The summed E-state index contributed by atoms with van der Waals surface area (Å²) in [5, 5.41) is 10.6. The van der Waals surface area contributed by atoms with Crippen molar-refractivity contribution in [1.29, 1.82) is 0 Å². The van der Waals surface area contributed by atoms with Crippen molar-refractivity contribution >= 4 is 39.5 Å². The molecule has 0 aliphatic rings. The standard InChI is InChI=1S/C82H160O17P2/c1-8-10-11-12-13-14-15-16-17-18-19-20-21-22-23-26-30-36-43-51-58-65-81(86)98-77(69-92-79(84)63-56-49-42-35-29-27-24-25-28-33-39-46-53-60-73(3)4)71-96-100(88,89)94-67-76(83)68-95-101(90,91)97-72-78(70-93-80(85)64-57-50-45-38-40-47-54-61-74(5)6)99-82(87)66-59-52-44-37-32-31-34-41-48-55-62-75(7)9-2/h73-78,83H,8-72H2,1-7H3,(H,88,89)(H,90,91)/t75?,76-,77-,78-/m1/s1. The van der Waals surface area contributed by atoms with Gasteiger partial charge < -0.3 is 33.8 Å². The van der Waals surface area contributed by atoms with Crippen LogP contribution in [0.3, 0.4) is 0 Å². The monoisotopic (exact) mass is 1480 g/mol. The van der Waals surface area contributed by atoms with Crippen LogP contribution in [0, 0.1) is 17.8 Å². The fourth-order valence-corrected chi connectivity index (χ4v) is 14.2. The molecule has 600 valence electrons. The number of phosphoric ester groups is 2. The number of unbranched alkanes of at least 4 members (excludes halogenated alkanes) is 47. The highest BCUT2D eigenvalue weighted by atomic mass is 31.2. The second-order valence-electron chi connectivity index (χ2n) is 30.7. The van der Waals surface area contributed by atoms with Crippen molar-refractivity contribution in [2.45, 2.75) is 446 Å². The van der Waals surface area contributed by atoms with Gasteiger partial charge in [0.1, 0.15) is 19.3 Å². The van der Waals surface area contributed by atoms with Crippen LogP contribution in [-0.4, -0.2) is 96.7 Å². The summed E-state index contributed by atoms with van der Waals surface area (Å²) in [4.78, 5) is 73.0. The van der Waals surface area contributed by atoms with Crippen LogP contribution in [-0.2, 0) is 65.4 Å². The molecule has 3 N–H and O–H groups in total. The van der Waals surface area contributed by atoms with Gasteiger partial charge in [0.15, 0.2) is 12.2 Å². The van der Waals surface area contributed by atoms with E-state index >= 15 is 0 Å². The number of hydrogen-bond donors (Lipinski definition) is 3. The van der Waals surface area contributed by atoms with Gasteiger partial charge in [-0.3, -0.25) is 37.3 Å². The first-order chi connectivity index (χ1) is 48.8. The van der Waals surface area contributed by atoms with Crippen LogP contribution in [0.1, 0.15) is 427 Å². The summed E-state index contributed by atoms with van der Waals surface area (Å²) in [5.74, 6) is 0.187. The summed E-state index contributed by atoms with van der Waals surface area (Å²) in [6.07, 6.45) is 61.2. The number of phosphoric acid groups is 2. The van der Waals surface area contributed by atoms with Crippen molar-refractivity contribution in [3.8, 4) is 0 Å². The molecule has 0 spiro atoms. The maximum absolute atomic E-state index is 13.1. The molecule has 0 aromatic rings. The Bertz CT molecular complexity index is 1960. The zero-order chi connectivity index (χ0) is 74.4. The van der Waals surface area contributed by atoms with Crippen LogP contribution >= 0.6 is 15.6 Å². The molecule has 0 saturated carbocycles. The zero-order valence-electron chi connectivity index (χ0n) is 66.4. The van der Waals surface area contributed by atoms with Gasteiger partial charge in [-0.2, -0.15) is 0 Å². The zero-order valence-corrected chi connectivity index (χ0v) is 68.2. The molecule has 0 aromatic carbocycles. The minimum atomic E-state index is -4.96. The maximum Gasteiger partial charge on any atom is 0.472 e. The number of carbonyl (C=O) groups is 4. The van der Waals surface area contributed by atoms with E-state index in [1.54, 1.807) is 0 Å². The molecular weight excluding hydrogens is 1320 g/mol. The number of carbonyl (C=O) groups excluding carboxylic acids is 4. The normalized spacial score (nSPS) is 14.2. The topological polar surface area (TPSA) is 237 Å². The van der Waals surface area contributed by atoms with E-state index in [0.29, 0.717) is 31.6 Å². The Labute approximate surface area is 619 Å². The first-order valence-corrected chi connectivity index (χ1v) is 45.4. The largest absolute Gasteiger partial charge is 0.472 e. The van der Waals surface area contributed by atoms with Crippen LogP contribution in [0.15, 0.2) is 0 Å². The molecular formula is C82H160O17P2. The van der Waals surface area contributed by atoms with Gasteiger partial charge >= 0.3 is 39.5 Å². The summed E-state index contributed by atoms with van der Waals surface area (Å²) < 4.78 is 68.7. The van der Waals surface area contributed by atoms with Crippen molar-refractivity contribution in [3.05, 3.63) is 0 Å². The minimum absolute atomic E-state index is 0.105. The van der Waals surface area contributed by atoms with E-state index in [1.165, 1.54) is 231 Å². The molecule has 0 bridgehead atoms. The van der Waals surface area contributed by atoms with Crippen LogP contribution in [0.25, 0.3) is 0 Å². The molecule has 0 amide bonds. The number of aliphatic hydroxyl groups is 1. The number of esters is 4.